The summed E-state index contributed by atoms with van der Waals surface area (Å²) in [5.41, 5.74) is 0.641. The zero-order valence-electron chi connectivity index (χ0n) is 13.9. The van der Waals surface area contributed by atoms with Crippen LogP contribution in [0.4, 0.5) is 4.39 Å². The summed E-state index contributed by atoms with van der Waals surface area (Å²) in [6.45, 7) is 3.70. The number of rotatable bonds is 7. The van der Waals surface area contributed by atoms with E-state index in [1.165, 1.54) is 30.6 Å². The van der Waals surface area contributed by atoms with Crippen molar-refractivity contribution >= 4 is 23.0 Å². The fraction of sp³-hybridized carbons (Fsp3) is 0.333. The number of halogens is 1. The second kappa shape index (κ2) is 8.06. The molecule has 0 radical (unpaired) electrons. The predicted molar refractivity (Wildman–Crippen MR) is 92.1 cm³/mol. The van der Waals surface area contributed by atoms with Crippen molar-refractivity contribution in [3.63, 3.8) is 0 Å². The monoisotopic (exact) mass is 349 g/mol. The minimum atomic E-state index is -0.473. The van der Waals surface area contributed by atoms with Crippen LogP contribution in [0.2, 0.25) is 0 Å². The summed E-state index contributed by atoms with van der Waals surface area (Å²) >= 11 is 1.43. The van der Waals surface area contributed by atoms with Crippen LogP contribution in [0.25, 0.3) is 0 Å². The molecule has 2 aromatic rings. The lowest BCUT2D eigenvalue weighted by Crippen LogP contribution is -2.27. The zero-order valence-corrected chi connectivity index (χ0v) is 14.7. The Bertz CT molecular complexity index is 742. The predicted octanol–water partition coefficient (Wildman–Crippen LogP) is 4.04. The summed E-state index contributed by atoms with van der Waals surface area (Å²) in [7, 11) is 1.40. The number of hydrogen-bond acceptors (Lipinski definition) is 4. The molecule has 1 aromatic carbocycles. The highest BCUT2D eigenvalue weighted by Crippen LogP contribution is 2.22. The molecule has 1 atom stereocenters. The van der Waals surface area contributed by atoms with Crippen LogP contribution >= 0.6 is 11.3 Å². The summed E-state index contributed by atoms with van der Waals surface area (Å²) in [6, 6.07) is 7.88. The summed E-state index contributed by atoms with van der Waals surface area (Å²) < 4.78 is 18.6. The maximum atomic E-state index is 13.7. The Hall–Kier alpha value is -2.21. The fourth-order valence-corrected chi connectivity index (χ4v) is 3.12. The molecule has 1 unspecified atom stereocenters. The lowest BCUT2D eigenvalue weighted by atomic mass is 10.1. The zero-order chi connectivity index (χ0) is 17.7. The average molecular weight is 349 g/mol. The molecule has 1 N–H and O–H groups in total. The maximum absolute atomic E-state index is 13.7. The molecule has 0 fully saturated rings. The van der Waals surface area contributed by atoms with E-state index < -0.39 is 5.82 Å². The molecule has 0 saturated heterocycles. The molecule has 4 nitrogen and oxygen atoms in total. The van der Waals surface area contributed by atoms with Gasteiger partial charge in [-0.2, -0.15) is 0 Å². The van der Waals surface area contributed by atoms with Crippen molar-refractivity contribution in [1.82, 2.24) is 5.32 Å². The van der Waals surface area contributed by atoms with E-state index in [1.807, 2.05) is 13.0 Å². The number of aryl methyl sites for hydroxylation is 1. The Morgan fingerprint density at radius 2 is 2.00 bits per heavy atom. The molecular formula is C18H20FNO3S. The minimum Gasteiger partial charge on any atom is -0.494 e. The standard InChI is InChI=1S/C18H20FNO3S/c1-11-4-8-17(24-11)15(21)6-9-18(22)20-12(2)13-5-7-16(23-3)14(19)10-13/h4-5,7-8,10,12H,6,9H2,1-3H3,(H,20,22). The molecule has 0 saturated carbocycles. The van der Waals surface area contributed by atoms with Crippen molar-refractivity contribution in [2.24, 2.45) is 0 Å². The number of methoxy groups -OCH3 is 1. The van der Waals surface area contributed by atoms with Gasteiger partial charge >= 0.3 is 0 Å². The molecule has 6 heteroatoms. The maximum Gasteiger partial charge on any atom is 0.220 e. The number of amides is 1. The summed E-state index contributed by atoms with van der Waals surface area (Å²) in [4.78, 5) is 25.7. The van der Waals surface area contributed by atoms with Gasteiger partial charge in [0.25, 0.3) is 0 Å². The van der Waals surface area contributed by atoms with E-state index in [4.69, 9.17) is 4.74 Å². The third-order valence-electron chi connectivity index (χ3n) is 3.65. The summed E-state index contributed by atoms with van der Waals surface area (Å²) in [5.74, 6) is -0.583. The van der Waals surface area contributed by atoms with E-state index in [0.717, 1.165) is 4.88 Å². The van der Waals surface area contributed by atoms with Gasteiger partial charge in [0.15, 0.2) is 17.3 Å². The molecule has 0 bridgehead atoms. The Morgan fingerprint density at radius 1 is 1.25 bits per heavy atom. The van der Waals surface area contributed by atoms with E-state index >= 15 is 0 Å². The molecule has 1 heterocycles. The van der Waals surface area contributed by atoms with Gasteiger partial charge in [0, 0.05) is 17.7 Å². The van der Waals surface area contributed by atoms with Crippen LogP contribution in [0, 0.1) is 12.7 Å². The molecule has 2 rings (SSSR count). The number of Topliss-reactive ketones (excluding diaryl/α,β-unsaturated/α-hetero) is 1. The van der Waals surface area contributed by atoms with Crippen LogP contribution in [-0.4, -0.2) is 18.8 Å². The van der Waals surface area contributed by atoms with Crippen molar-refractivity contribution in [2.75, 3.05) is 7.11 Å². The van der Waals surface area contributed by atoms with E-state index in [9.17, 15) is 14.0 Å². The van der Waals surface area contributed by atoms with Gasteiger partial charge in [-0.3, -0.25) is 9.59 Å². The highest BCUT2D eigenvalue weighted by atomic mass is 32.1. The highest BCUT2D eigenvalue weighted by molar-refractivity contribution is 7.14. The number of hydrogen-bond donors (Lipinski definition) is 1. The number of ketones is 1. The first kappa shape index (κ1) is 18.1. The lowest BCUT2D eigenvalue weighted by molar-refractivity contribution is -0.121. The lowest BCUT2D eigenvalue weighted by Gasteiger charge is -2.15. The van der Waals surface area contributed by atoms with E-state index in [-0.39, 0.29) is 36.3 Å². The van der Waals surface area contributed by atoms with Crippen LogP contribution in [0.1, 0.15) is 45.9 Å². The van der Waals surface area contributed by atoms with E-state index in [2.05, 4.69) is 5.32 Å². The number of carbonyl (C=O) groups is 2. The van der Waals surface area contributed by atoms with Crippen molar-refractivity contribution in [2.45, 2.75) is 32.7 Å². The third kappa shape index (κ3) is 4.64. The number of nitrogens with one attached hydrogen (secondary N) is 1. The smallest absolute Gasteiger partial charge is 0.220 e. The average Bonchev–Trinajstić information content (AvgIpc) is 2.99. The molecule has 0 aliphatic carbocycles. The van der Waals surface area contributed by atoms with Gasteiger partial charge in [0.2, 0.25) is 5.91 Å². The summed E-state index contributed by atoms with van der Waals surface area (Å²) in [6.07, 6.45) is 0.272. The normalized spacial score (nSPS) is 11.8. The van der Waals surface area contributed by atoms with Crippen molar-refractivity contribution in [3.8, 4) is 5.75 Å². The van der Waals surface area contributed by atoms with Gasteiger partial charge < -0.3 is 10.1 Å². The van der Waals surface area contributed by atoms with Crippen LogP contribution in [0.3, 0.4) is 0 Å². The Labute approximate surface area is 144 Å². The third-order valence-corrected chi connectivity index (χ3v) is 4.69. The largest absolute Gasteiger partial charge is 0.494 e. The second-order valence-corrected chi connectivity index (χ2v) is 6.80. The number of carbonyl (C=O) groups excluding carboxylic acids is 2. The fourth-order valence-electron chi connectivity index (χ4n) is 2.28. The van der Waals surface area contributed by atoms with Gasteiger partial charge in [0.05, 0.1) is 18.0 Å². The second-order valence-electron chi connectivity index (χ2n) is 5.52. The summed E-state index contributed by atoms with van der Waals surface area (Å²) in [5, 5.41) is 2.78. The first-order valence-electron chi connectivity index (χ1n) is 7.63. The topological polar surface area (TPSA) is 55.4 Å². The number of thiophene rings is 1. The van der Waals surface area contributed by atoms with E-state index in [0.29, 0.717) is 10.4 Å². The minimum absolute atomic E-state index is 0.0357. The van der Waals surface area contributed by atoms with Crippen LogP contribution in [-0.2, 0) is 4.79 Å². The molecule has 1 aromatic heterocycles. The van der Waals surface area contributed by atoms with Gasteiger partial charge in [-0.1, -0.05) is 6.07 Å². The van der Waals surface area contributed by atoms with Crippen molar-refractivity contribution in [3.05, 3.63) is 51.5 Å². The van der Waals surface area contributed by atoms with Crippen LogP contribution < -0.4 is 10.1 Å². The van der Waals surface area contributed by atoms with Gasteiger partial charge in [0.1, 0.15) is 0 Å². The van der Waals surface area contributed by atoms with Crippen LogP contribution in [0.5, 0.6) is 5.75 Å². The SMILES string of the molecule is COc1ccc(C(C)NC(=O)CCC(=O)c2ccc(C)s2)cc1F. The molecule has 0 spiro atoms. The molecular weight excluding hydrogens is 329 g/mol. The Balaban J connectivity index is 1.87. The highest BCUT2D eigenvalue weighted by Gasteiger charge is 2.15. The molecule has 1 amide bonds. The van der Waals surface area contributed by atoms with Gasteiger partial charge in [-0.05, 0) is 43.7 Å². The Kier molecular flexibility index (Phi) is 6.09. The first-order chi connectivity index (χ1) is 11.4. The van der Waals surface area contributed by atoms with E-state index in [1.54, 1.807) is 19.1 Å². The van der Waals surface area contributed by atoms with Crippen molar-refractivity contribution < 1.29 is 18.7 Å². The molecule has 0 aliphatic heterocycles. The number of benzene rings is 1. The quantitative estimate of drug-likeness (QED) is 0.768. The van der Waals surface area contributed by atoms with Gasteiger partial charge in [-0.15, -0.1) is 11.3 Å². The molecule has 0 aliphatic rings. The number of ether oxygens (including phenoxy) is 1. The first-order valence-corrected chi connectivity index (χ1v) is 8.44. The molecule has 128 valence electrons. The molecule has 24 heavy (non-hydrogen) atoms. The Morgan fingerprint density at radius 3 is 2.58 bits per heavy atom. The van der Waals surface area contributed by atoms with Crippen molar-refractivity contribution in [1.29, 1.82) is 0 Å². The van der Waals surface area contributed by atoms with Gasteiger partial charge in [-0.25, -0.2) is 4.39 Å². The van der Waals surface area contributed by atoms with Crippen LogP contribution in [0.15, 0.2) is 30.3 Å².